The van der Waals surface area contributed by atoms with Gasteiger partial charge in [-0.2, -0.15) is 0 Å². The number of benzene rings is 5. The smallest absolute Gasteiger partial charge is 0.184 e. The van der Waals surface area contributed by atoms with Gasteiger partial charge in [-0.15, -0.1) is 5.10 Å². The van der Waals surface area contributed by atoms with Crippen LogP contribution in [0, 0.1) is 0 Å². The van der Waals surface area contributed by atoms with Crippen molar-refractivity contribution in [1.29, 1.82) is 0 Å². The highest BCUT2D eigenvalue weighted by Gasteiger charge is 2.42. The van der Waals surface area contributed by atoms with Crippen LogP contribution in [-0.2, 0) is 10.9 Å². The van der Waals surface area contributed by atoms with Crippen molar-refractivity contribution in [3.8, 4) is 22.6 Å². The van der Waals surface area contributed by atoms with E-state index < -0.39 is 5.54 Å². The van der Waals surface area contributed by atoms with Crippen LogP contribution in [0.25, 0.3) is 33.5 Å². The first-order valence-corrected chi connectivity index (χ1v) is 14.9. The number of hydrogen-bond acceptors (Lipinski definition) is 4. The Kier molecular flexibility index (Phi) is 6.90. The van der Waals surface area contributed by atoms with Crippen molar-refractivity contribution in [1.82, 2.24) is 25.2 Å². The predicted octanol–water partition coefficient (Wildman–Crippen LogP) is 8.29. The molecule has 5 aromatic carbocycles. The zero-order valence-corrected chi connectivity index (χ0v) is 24.3. The van der Waals surface area contributed by atoms with Crippen LogP contribution in [0.15, 0.2) is 146 Å². The molecular formula is C36H26BrN5. The molecule has 2 heterocycles. The Morgan fingerprint density at radius 3 is 1.76 bits per heavy atom. The topological polar surface area (TPSA) is 56.5 Å². The predicted molar refractivity (Wildman–Crippen MR) is 171 cm³/mol. The van der Waals surface area contributed by atoms with Gasteiger partial charge in [-0.25, -0.2) is 9.67 Å². The minimum absolute atomic E-state index is 0.652. The van der Waals surface area contributed by atoms with E-state index in [1.807, 2.05) is 35.0 Å². The SMILES string of the molecule is BrCc1ccc2nc(-c3ccccc3-c3nnnn3C(c3ccccc3)(c3ccccc3)c3ccccc3)ccc2c1. The fourth-order valence-electron chi connectivity index (χ4n) is 5.80. The molecule has 0 fully saturated rings. The van der Waals surface area contributed by atoms with E-state index in [0.29, 0.717) is 5.82 Å². The number of fused-ring (bicyclic) bond motifs is 1. The van der Waals surface area contributed by atoms with Gasteiger partial charge in [0.25, 0.3) is 0 Å². The molecule has 0 aliphatic rings. The van der Waals surface area contributed by atoms with Gasteiger partial charge in [-0.05, 0) is 50.9 Å². The van der Waals surface area contributed by atoms with Gasteiger partial charge in [0, 0.05) is 21.8 Å². The van der Waals surface area contributed by atoms with Crippen LogP contribution in [0.3, 0.4) is 0 Å². The Morgan fingerprint density at radius 1 is 0.595 bits per heavy atom. The maximum absolute atomic E-state index is 5.06. The van der Waals surface area contributed by atoms with E-state index >= 15 is 0 Å². The number of rotatable bonds is 7. The summed E-state index contributed by atoms with van der Waals surface area (Å²) in [5, 5.41) is 15.6. The maximum atomic E-state index is 5.06. The number of aromatic nitrogens is 5. The van der Waals surface area contributed by atoms with Crippen LogP contribution in [0.4, 0.5) is 0 Å². The molecular weight excluding hydrogens is 582 g/mol. The molecule has 0 amide bonds. The molecule has 0 saturated heterocycles. The van der Waals surface area contributed by atoms with E-state index in [2.05, 4.69) is 142 Å². The molecule has 6 heteroatoms. The average Bonchev–Trinajstić information content (AvgIpc) is 3.56. The van der Waals surface area contributed by atoms with Crippen LogP contribution in [0.2, 0.25) is 0 Å². The van der Waals surface area contributed by atoms with Crippen LogP contribution < -0.4 is 0 Å². The first kappa shape index (κ1) is 26.0. The fourth-order valence-corrected chi connectivity index (χ4v) is 6.14. The molecule has 2 aromatic heterocycles. The van der Waals surface area contributed by atoms with Crippen molar-refractivity contribution < 1.29 is 0 Å². The number of nitrogens with zero attached hydrogens (tertiary/aromatic N) is 5. The monoisotopic (exact) mass is 607 g/mol. The fraction of sp³-hybridized carbons (Fsp3) is 0.0556. The van der Waals surface area contributed by atoms with Crippen molar-refractivity contribution in [3.63, 3.8) is 0 Å². The lowest BCUT2D eigenvalue weighted by Crippen LogP contribution is -2.39. The molecule has 0 bridgehead atoms. The van der Waals surface area contributed by atoms with Crippen LogP contribution in [0.1, 0.15) is 22.3 Å². The van der Waals surface area contributed by atoms with Crippen molar-refractivity contribution >= 4 is 26.8 Å². The first-order chi connectivity index (χ1) is 20.8. The molecule has 0 aliphatic carbocycles. The minimum Gasteiger partial charge on any atom is -0.248 e. The lowest BCUT2D eigenvalue weighted by Gasteiger charge is -2.36. The summed E-state index contributed by atoms with van der Waals surface area (Å²) in [5.74, 6) is 0.652. The van der Waals surface area contributed by atoms with Gasteiger partial charge in [0.05, 0.1) is 11.2 Å². The molecule has 5 nitrogen and oxygen atoms in total. The van der Waals surface area contributed by atoms with Crippen molar-refractivity contribution in [2.75, 3.05) is 0 Å². The Morgan fingerprint density at radius 2 is 1.17 bits per heavy atom. The quantitative estimate of drug-likeness (QED) is 0.135. The van der Waals surface area contributed by atoms with Gasteiger partial charge in [-0.3, -0.25) is 0 Å². The van der Waals surface area contributed by atoms with Gasteiger partial charge in [-0.1, -0.05) is 143 Å². The molecule has 0 saturated carbocycles. The van der Waals surface area contributed by atoms with Crippen LogP contribution >= 0.6 is 15.9 Å². The summed E-state index contributed by atoms with van der Waals surface area (Å²) in [6.45, 7) is 0. The third-order valence-electron chi connectivity index (χ3n) is 7.71. The number of hydrogen-bond donors (Lipinski definition) is 0. The second-order valence-corrected chi connectivity index (χ2v) is 10.7. The lowest BCUT2D eigenvalue weighted by atomic mass is 9.77. The zero-order chi connectivity index (χ0) is 28.4. The molecule has 0 unspecified atom stereocenters. The summed E-state index contributed by atoms with van der Waals surface area (Å²) in [4.78, 5) is 5.06. The van der Waals surface area contributed by atoms with E-state index in [1.165, 1.54) is 5.56 Å². The molecule has 42 heavy (non-hydrogen) atoms. The van der Waals surface area contributed by atoms with Crippen molar-refractivity contribution in [2.45, 2.75) is 10.9 Å². The van der Waals surface area contributed by atoms with Gasteiger partial charge in [0.1, 0.15) is 5.54 Å². The number of alkyl halides is 1. The zero-order valence-electron chi connectivity index (χ0n) is 22.7. The second kappa shape index (κ2) is 11.1. The Labute approximate surface area is 252 Å². The maximum Gasteiger partial charge on any atom is 0.184 e. The summed E-state index contributed by atoms with van der Waals surface area (Å²) in [6, 6.07) is 50.1. The second-order valence-electron chi connectivity index (χ2n) is 10.1. The molecule has 0 atom stereocenters. The normalized spacial score (nSPS) is 11.5. The van der Waals surface area contributed by atoms with Gasteiger partial charge >= 0.3 is 0 Å². The summed E-state index contributed by atoms with van der Waals surface area (Å²) in [6.07, 6.45) is 0. The Hall–Kier alpha value is -4.94. The first-order valence-electron chi connectivity index (χ1n) is 13.8. The molecule has 0 spiro atoms. The summed E-state index contributed by atoms with van der Waals surface area (Å²) >= 11 is 3.56. The molecule has 0 N–H and O–H groups in total. The number of tetrazole rings is 1. The van der Waals surface area contributed by atoms with Crippen LogP contribution in [-0.4, -0.2) is 25.2 Å². The lowest BCUT2D eigenvalue weighted by molar-refractivity contribution is 0.451. The van der Waals surface area contributed by atoms with E-state index in [1.54, 1.807) is 0 Å². The van der Waals surface area contributed by atoms with Gasteiger partial charge in [0.15, 0.2) is 5.82 Å². The van der Waals surface area contributed by atoms with Crippen molar-refractivity contribution in [3.05, 3.63) is 168 Å². The van der Waals surface area contributed by atoms with Gasteiger partial charge < -0.3 is 0 Å². The minimum atomic E-state index is -0.835. The highest BCUT2D eigenvalue weighted by molar-refractivity contribution is 9.08. The largest absolute Gasteiger partial charge is 0.248 e. The molecule has 7 aromatic rings. The Bertz CT molecular complexity index is 1870. The van der Waals surface area contributed by atoms with Crippen molar-refractivity contribution in [2.24, 2.45) is 0 Å². The summed E-state index contributed by atoms with van der Waals surface area (Å²) in [5.41, 5.74) is 7.22. The third-order valence-corrected chi connectivity index (χ3v) is 8.36. The highest BCUT2D eigenvalue weighted by atomic mass is 79.9. The highest BCUT2D eigenvalue weighted by Crippen LogP contribution is 2.43. The molecule has 0 aliphatic heterocycles. The van der Waals surface area contributed by atoms with Gasteiger partial charge in [0.2, 0.25) is 0 Å². The standard InChI is InChI=1S/C36H26BrN5/c37-25-26-20-22-33-27(24-26)21-23-34(38-33)31-18-10-11-19-32(31)35-39-40-41-42(35)36(28-12-4-1-5-13-28,29-14-6-2-7-15-29)30-16-8-3-9-17-30/h1-24H,25H2. The number of halogens is 1. The van der Waals surface area contributed by atoms with E-state index in [-0.39, 0.29) is 0 Å². The van der Waals surface area contributed by atoms with E-state index in [0.717, 1.165) is 49.7 Å². The molecule has 202 valence electrons. The average molecular weight is 609 g/mol. The summed E-state index contributed by atoms with van der Waals surface area (Å²) in [7, 11) is 0. The van der Waals surface area contributed by atoms with E-state index in [9.17, 15) is 0 Å². The third kappa shape index (κ3) is 4.41. The Balaban J connectivity index is 1.49. The van der Waals surface area contributed by atoms with Crippen LogP contribution in [0.5, 0.6) is 0 Å². The summed E-state index contributed by atoms with van der Waals surface area (Å²) < 4.78 is 1.97. The molecule has 7 rings (SSSR count). The molecule has 0 radical (unpaired) electrons. The van der Waals surface area contributed by atoms with E-state index in [4.69, 9.17) is 10.2 Å². The number of pyridine rings is 1.